The van der Waals surface area contributed by atoms with Crippen molar-refractivity contribution in [2.24, 2.45) is 5.73 Å². The van der Waals surface area contributed by atoms with Gasteiger partial charge in [0.1, 0.15) is 0 Å². The van der Waals surface area contributed by atoms with Crippen LogP contribution in [0.3, 0.4) is 0 Å². The number of benzene rings is 1. The van der Waals surface area contributed by atoms with Gasteiger partial charge in [0.25, 0.3) is 0 Å². The Morgan fingerprint density at radius 3 is 2.48 bits per heavy atom. The van der Waals surface area contributed by atoms with Gasteiger partial charge in [0.2, 0.25) is 11.8 Å². The van der Waals surface area contributed by atoms with Crippen LogP contribution in [0.5, 0.6) is 0 Å². The molecule has 0 radical (unpaired) electrons. The van der Waals surface area contributed by atoms with Crippen LogP contribution in [0.25, 0.3) is 0 Å². The van der Waals surface area contributed by atoms with E-state index in [9.17, 15) is 14.4 Å². The molecule has 7 heteroatoms. The van der Waals surface area contributed by atoms with Gasteiger partial charge in [0.15, 0.2) is 0 Å². The molecule has 1 aromatic rings. The normalized spacial score (nSPS) is 13.5. The van der Waals surface area contributed by atoms with Crippen molar-refractivity contribution in [2.45, 2.75) is 32.1 Å². The summed E-state index contributed by atoms with van der Waals surface area (Å²) in [7, 11) is 0. The molecular weight excluding hydrogens is 320 g/mol. The zero-order valence-corrected chi connectivity index (χ0v) is 14.1. The Bertz CT molecular complexity index is 653. The summed E-state index contributed by atoms with van der Waals surface area (Å²) in [5.74, 6) is -0.946. The summed E-state index contributed by atoms with van der Waals surface area (Å²) in [6, 6.07) is 5.92. The van der Waals surface area contributed by atoms with Crippen LogP contribution in [0, 0.1) is 0 Å². The first-order valence-corrected chi connectivity index (χ1v) is 8.44. The highest BCUT2D eigenvalue weighted by Crippen LogP contribution is 2.19. The summed E-state index contributed by atoms with van der Waals surface area (Å²) < 4.78 is 0. The molecule has 0 saturated heterocycles. The molecule has 0 aromatic heterocycles. The van der Waals surface area contributed by atoms with E-state index in [1.807, 2.05) is 0 Å². The van der Waals surface area contributed by atoms with Gasteiger partial charge in [-0.1, -0.05) is 11.6 Å². The summed E-state index contributed by atoms with van der Waals surface area (Å²) in [4.78, 5) is 34.4. The Balaban J connectivity index is 1.64. The molecular formula is C18H24N4O3. The quantitative estimate of drug-likeness (QED) is 0.566. The molecule has 0 atom stereocenters. The number of primary amides is 1. The van der Waals surface area contributed by atoms with Gasteiger partial charge in [-0.2, -0.15) is 0 Å². The fourth-order valence-corrected chi connectivity index (χ4v) is 2.62. The Labute approximate surface area is 147 Å². The van der Waals surface area contributed by atoms with Crippen molar-refractivity contribution >= 4 is 23.5 Å². The summed E-state index contributed by atoms with van der Waals surface area (Å²) >= 11 is 0. The Morgan fingerprint density at radius 1 is 1.08 bits per heavy atom. The Morgan fingerprint density at radius 2 is 1.84 bits per heavy atom. The maximum Gasteiger partial charge on any atom is 0.321 e. The Hall–Kier alpha value is -2.83. The number of carbonyl (C=O) groups is 3. The van der Waals surface area contributed by atoms with Crippen molar-refractivity contribution in [3.63, 3.8) is 0 Å². The number of nitrogens with two attached hydrogens (primary N) is 1. The van der Waals surface area contributed by atoms with Crippen LogP contribution in [0.2, 0.25) is 0 Å². The molecule has 0 fully saturated rings. The third-order valence-electron chi connectivity index (χ3n) is 3.99. The molecule has 0 aliphatic heterocycles. The van der Waals surface area contributed by atoms with Gasteiger partial charge in [0, 0.05) is 17.8 Å². The monoisotopic (exact) mass is 344 g/mol. The first-order chi connectivity index (χ1) is 12.0. The third-order valence-corrected chi connectivity index (χ3v) is 3.99. The van der Waals surface area contributed by atoms with E-state index in [1.165, 1.54) is 18.4 Å². The predicted molar refractivity (Wildman–Crippen MR) is 96.2 cm³/mol. The SMILES string of the molecule is NC(=O)c1ccc(NCC(=O)NC(=O)NCCC2=CCCCC2)cc1. The van der Waals surface area contributed by atoms with Crippen LogP contribution in [0.4, 0.5) is 10.5 Å². The number of carbonyl (C=O) groups excluding carboxylic acids is 3. The maximum atomic E-state index is 11.7. The molecule has 0 saturated carbocycles. The maximum absolute atomic E-state index is 11.7. The molecule has 4 amide bonds. The minimum Gasteiger partial charge on any atom is -0.376 e. The second-order valence-electron chi connectivity index (χ2n) is 5.96. The summed E-state index contributed by atoms with van der Waals surface area (Å²) in [5.41, 5.74) is 7.58. The van der Waals surface area contributed by atoms with E-state index in [2.05, 4.69) is 22.0 Å². The number of hydrogen-bond acceptors (Lipinski definition) is 4. The average molecular weight is 344 g/mol. The molecule has 1 aromatic carbocycles. The minimum atomic E-state index is -0.509. The lowest BCUT2D eigenvalue weighted by Gasteiger charge is -2.13. The molecule has 0 unspecified atom stereocenters. The van der Waals surface area contributed by atoms with Crippen LogP contribution in [0.1, 0.15) is 42.5 Å². The average Bonchev–Trinajstić information content (AvgIpc) is 2.61. The van der Waals surface area contributed by atoms with E-state index in [-0.39, 0.29) is 6.54 Å². The Kier molecular flexibility index (Phi) is 7.00. The molecule has 134 valence electrons. The van der Waals surface area contributed by atoms with E-state index < -0.39 is 17.8 Å². The van der Waals surface area contributed by atoms with Gasteiger partial charge < -0.3 is 16.4 Å². The van der Waals surface area contributed by atoms with E-state index in [1.54, 1.807) is 24.3 Å². The smallest absolute Gasteiger partial charge is 0.321 e. The topological polar surface area (TPSA) is 113 Å². The number of amides is 4. The zero-order chi connectivity index (χ0) is 18.1. The zero-order valence-electron chi connectivity index (χ0n) is 14.1. The number of rotatable bonds is 7. The van der Waals surface area contributed by atoms with Gasteiger partial charge in [0.05, 0.1) is 6.54 Å². The van der Waals surface area contributed by atoms with Crippen molar-refractivity contribution in [3.8, 4) is 0 Å². The molecule has 0 heterocycles. The van der Waals surface area contributed by atoms with Gasteiger partial charge in [-0.15, -0.1) is 0 Å². The van der Waals surface area contributed by atoms with Crippen LogP contribution < -0.4 is 21.7 Å². The standard InChI is InChI=1S/C18H24N4O3/c19-17(24)14-6-8-15(9-7-14)21-12-16(23)22-18(25)20-11-10-13-4-2-1-3-5-13/h4,6-9,21H,1-3,5,10-12H2,(H2,19,24)(H2,20,22,23,25). The highest BCUT2D eigenvalue weighted by atomic mass is 16.2. The fraction of sp³-hybridized carbons (Fsp3) is 0.389. The molecule has 5 N–H and O–H groups in total. The van der Waals surface area contributed by atoms with E-state index >= 15 is 0 Å². The molecule has 1 aliphatic rings. The number of imide groups is 1. The van der Waals surface area contributed by atoms with Crippen molar-refractivity contribution in [3.05, 3.63) is 41.5 Å². The van der Waals surface area contributed by atoms with Crippen molar-refractivity contribution in [1.29, 1.82) is 0 Å². The highest BCUT2D eigenvalue weighted by molar-refractivity contribution is 5.96. The molecule has 7 nitrogen and oxygen atoms in total. The molecule has 0 bridgehead atoms. The van der Waals surface area contributed by atoms with E-state index in [0.717, 1.165) is 19.3 Å². The van der Waals surface area contributed by atoms with Gasteiger partial charge in [-0.05, 0) is 56.4 Å². The van der Waals surface area contributed by atoms with Crippen molar-refractivity contribution in [2.75, 3.05) is 18.4 Å². The summed E-state index contributed by atoms with van der Waals surface area (Å²) in [5, 5.41) is 7.83. The number of nitrogens with one attached hydrogen (secondary N) is 3. The molecule has 0 spiro atoms. The first kappa shape index (κ1) is 18.5. The highest BCUT2D eigenvalue weighted by Gasteiger charge is 2.08. The lowest BCUT2D eigenvalue weighted by atomic mass is 9.97. The molecule has 1 aliphatic carbocycles. The van der Waals surface area contributed by atoms with Gasteiger partial charge >= 0.3 is 6.03 Å². The number of allylic oxidation sites excluding steroid dienone is 1. The van der Waals surface area contributed by atoms with E-state index in [4.69, 9.17) is 5.73 Å². The van der Waals surface area contributed by atoms with Crippen LogP contribution in [-0.2, 0) is 4.79 Å². The van der Waals surface area contributed by atoms with Crippen molar-refractivity contribution < 1.29 is 14.4 Å². The third kappa shape index (κ3) is 6.66. The largest absolute Gasteiger partial charge is 0.376 e. The van der Waals surface area contributed by atoms with Gasteiger partial charge in [-0.25, -0.2) is 4.79 Å². The number of anilines is 1. The van der Waals surface area contributed by atoms with Crippen LogP contribution >= 0.6 is 0 Å². The van der Waals surface area contributed by atoms with E-state index in [0.29, 0.717) is 17.8 Å². The molecule has 2 rings (SSSR count). The number of hydrogen-bond donors (Lipinski definition) is 4. The lowest BCUT2D eigenvalue weighted by Crippen LogP contribution is -2.42. The van der Waals surface area contributed by atoms with Gasteiger partial charge in [-0.3, -0.25) is 14.9 Å². The summed E-state index contributed by atoms with van der Waals surface area (Å²) in [6.07, 6.45) is 7.73. The summed E-state index contributed by atoms with van der Waals surface area (Å²) in [6.45, 7) is 0.474. The fourth-order valence-electron chi connectivity index (χ4n) is 2.62. The predicted octanol–water partition coefficient (Wildman–Crippen LogP) is 1.91. The second-order valence-corrected chi connectivity index (χ2v) is 5.96. The molecule has 25 heavy (non-hydrogen) atoms. The van der Waals surface area contributed by atoms with Crippen LogP contribution in [0.15, 0.2) is 35.9 Å². The van der Waals surface area contributed by atoms with Crippen molar-refractivity contribution in [1.82, 2.24) is 10.6 Å². The van der Waals surface area contributed by atoms with Crippen LogP contribution in [-0.4, -0.2) is 30.9 Å². The lowest BCUT2D eigenvalue weighted by molar-refractivity contribution is -0.118. The second kappa shape index (κ2) is 9.46. The first-order valence-electron chi connectivity index (χ1n) is 8.44. The minimum absolute atomic E-state index is 0.0471. The number of urea groups is 1.